The molecule has 2 N–H and O–H groups in total. The number of nitrogens with zero attached hydrogens (tertiary/aromatic N) is 4. The highest BCUT2D eigenvalue weighted by Gasteiger charge is 2.45. The molecule has 0 spiro atoms. The number of hydrogen-bond donors (Lipinski definition) is 2. The minimum absolute atomic E-state index is 0.102. The maximum Gasteiger partial charge on any atom is 0.263 e. The largest absolute Gasteiger partial charge is 0.370 e. The Kier molecular flexibility index (Phi) is 7.29. The predicted molar refractivity (Wildman–Crippen MR) is 175 cm³/mol. The van der Waals surface area contributed by atoms with E-state index >= 15 is 0 Å². The highest BCUT2D eigenvalue weighted by molar-refractivity contribution is 8.00. The van der Waals surface area contributed by atoms with E-state index < -0.39 is 16.3 Å². The van der Waals surface area contributed by atoms with Crippen LogP contribution in [0.25, 0.3) is 11.0 Å². The molecule has 4 aromatic rings. The van der Waals surface area contributed by atoms with E-state index in [9.17, 15) is 14.4 Å². The quantitative estimate of drug-likeness (QED) is 0.258. The average Bonchev–Trinajstić information content (AvgIpc) is 3.88. The van der Waals surface area contributed by atoms with Crippen molar-refractivity contribution < 1.29 is 9.59 Å². The van der Waals surface area contributed by atoms with E-state index in [0.717, 1.165) is 48.6 Å². The molecule has 2 aliphatic heterocycles. The summed E-state index contributed by atoms with van der Waals surface area (Å²) in [7, 11) is 2.12. The van der Waals surface area contributed by atoms with Gasteiger partial charge in [-0.15, -0.1) is 11.8 Å². The highest BCUT2D eigenvalue weighted by atomic mass is 32.2. The van der Waals surface area contributed by atoms with Crippen LogP contribution in [-0.2, 0) is 0 Å². The number of hydrogen-bond acceptors (Lipinski definition) is 9. The van der Waals surface area contributed by atoms with Gasteiger partial charge < -0.3 is 15.5 Å². The summed E-state index contributed by atoms with van der Waals surface area (Å²) in [6.45, 7) is 5.98. The Morgan fingerprint density at radius 3 is 2.59 bits per heavy atom. The van der Waals surface area contributed by atoms with Gasteiger partial charge >= 0.3 is 0 Å². The SMILES string of the molecule is CN(c1ccc(Nc2ncc3cc(C(=O)C4CC4)c(=O)n(C4C(=O)c5ccccc5SC4(C)C)c3n2)cc1)C1CCCNC1. The Morgan fingerprint density at radius 1 is 1.09 bits per heavy atom. The van der Waals surface area contributed by atoms with Crippen LogP contribution in [-0.4, -0.2) is 57.0 Å². The average molecular weight is 609 g/mol. The minimum Gasteiger partial charge on any atom is -0.370 e. The Hall–Kier alpha value is -4.02. The zero-order valence-corrected chi connectivity index (χ0v) is 26.0. The number of piperidine rings is 1. The van der Waals surface area contributed by atoms with Crippen LogP contribution in [0.2, 0.25) is 0 Å². The smallest absolute Gasteiger partial charge is 0.263 e. The van der Waals surface area contributed by atoms with Crippen LogP contribution in [0.4, 0.5) is 17.3 Å². The number of rotatable bonds is 7. The molecule has 44 heavy (non-hydrogen) atoms. The lowest BCUT2D eigenvalue weighted by atomic mass is 9.92. The third kappa shape index (κ3) is 5.20. The molecule has 7 rings (SSSR count). The molecule has 0 radical (unpaired) electrons. The van der Waals surface area contributed by atoms with Crippen molar-refractivity contribution in [1.82, 2.24) is 19.9 Å². The van der Waals surface area contributed by atoms with Crippen LogP contribution in [0.3, 0.4) is 0 Å². The molecule has 1 aliphatic carbocycles. The van der Waals surface area contributed by atoms with Crippen molar-refractivity contribution in [2.24, 2.45) is 5.92 Å². The summed E-state index contributed by atoms with van der Waals surface area (Å²) in [4.78, 5) is 54.1. The molecule has 0 bridgehead atoms. The molecule has 2 aromatic heterocycles. The van der Waals surface area contributed by atoms with Gasteiger partial charge in [0.25, 0.3) is 5.56 Å². The summed E-state index contributed by atoms with van der Waals surface area (Å²) in [6.07, 6.45) is 5.51. The van der Waals surface area contributed by atoms with Crippen molar-refractivity contribution in [2.75, 3.05) is 30.4 Å². The summed E-state index contributed by atoms with van der Waals surface area (Å²) >= 11 is 1.56. The van der Waals surface area contributed by atoms with Gasteiger partial charge in [0.2, 0.25) is 5.95 Å². The topological polar surface area (TPSA) is 109 Å². The van der Waals surface area contributed by atoms with Crippen LogP contribution in [0.5, 0.6) is 0 Å². The number of anilines is 3. The first-order valence-electron chi connectivity index (χ1n) is 15.3. The number of carbonyl (C=O) groups is 2. The van der Waals surface area contributed by atoms with Gasteiger partial charge in [0.15, 0.2) is 11.6 Å². The van der Waals surface area contributed by atoms with Crippen LogP contribution in [0, 0.1) is 5.92 Å². The fourth-order valence-electron chi connectivity index (χ4n) is 6.44. The second kappa shape index (κ2) is 11.2. The maximum atomic E-state index is 14.2. The molecule has 0 amide bonds. The lowest BCUT2D eigenvalue weighted by Gasteiger charge is -2.39. The van der Waals surface area contributed by atoms with Crippen molar-refractivity contribution in [3.8, 4) is 0 Å². The Bertz CT molecular complexity index is 1830. The van der Waals surface area contributed by atoms with Crippen molar-refractivity contribution in [3.05, 3.63) is 82.3 Å². The van der Waals surface area contributed by atoms with Gasteiger partial charge in [-0.05, 0) is 82.5 Å². The van der Waals surface area contributed by atoms with Crippen molar-refractivity contribution >= 4 is 51.7 Å². The highest BCUT2D eigenvalue weighted by Crippen LogP contribution is 2.48. The number of Topliss-reactive ketones (excluding diaryl/α,β-unsaturated/α-hetero) is 2. The second-order valence-corrected chi connectivity index (χ2v) is 14.3. The molecule has 226 valence electrons. The first-order chi connectivity index (χ1) is 21.2. The number of carbonyl (C=O) groups excluding carboxylic acids is 2. The van der Waals surface area contributed by atoms with Gasteiger partial charge in [0.05, 0.1) is 5.56 Å². The summed E-state index contributed by atoms with van der Waals surface area (Å²) in [5.41, 5.74) is 2.45. The summed E-state index contributed by atoms with van der Waals surface area (Å²) in [6, 6.07) is 16.8. The molecular formula is C34H36N6O3S. The van der Waals surface area contributed by atoms with Crippen molar-refractivity contribution in [2.45, 2.75) is 61.3 Å². The second-order valence-electron chi connectivity index (χ2n) is 12.6. The van der Waals surface area contributed by atoms with E-state index in [1.165, 1.54) is 11.0 Å². The standard InChI is InChI=1S/C34H36N6O3S/c1-34(2)30(29(42)25-8-4-5-9-27(25)44-34)40-31-21(17-26(32(40)43)28(41)20-10-11-20)18-36-33(38-31)37-22-12-14-23(15-13-22)39(3)24-7-6-16-35-19-24/h4-5,8-9,12-15,17-18,20,24,30,35H,6-7,10-11,16,19H2,1-3H3,(H,36,37,38). The lowest BCUT2D eigenvalue weighted by Crippen LogP contribution is -2.45. The van der Waals surface area contributed by atoms with E-state index in [2.05, 4.69) is 39.7 Å². The normalized spacial score (nSPS) is 21.1. The predicted octanol–water partition coefficient (Wildman–Crippen LogP) is 5.62. The number of aromatic nitrogens is 3. The zero-order valence-electron chi connectivity index (χ0n) is 25.2. The number of thioether (sulfide) groups is 1. The van der Waals surface area contributed by atoms with Gasteiger partial charge in [-0.3, -0.25) is 19.0 Å². The summed E-state index contributed by atoms with van der Waals surface area (Å²) in [5, 5.41) is 7.30. The molecule has 4 heterocycles. The molecule has 1 saturated carbocycles. The summed E-state index contributed by atoms with van der Waals surface area (Å²) in [5.74, 6) is -0.170. The molecule has 2 unspecified atom stereocenters. The number of benzene rings is 2. The molecule has 2 fully saturated rings. The van der Waals surface area contributed by atoms with Crippen LogP contribution >= 0.6 is 11.8 Å². The van der Waals surface area contributed by atoms with Crippen molar-refractivity contribution in [3.63, 3.8) is 0 Å². The van der Waals surface area contributed by atoms with E-state index in [1.54, 1.807) is 30.1 Å². The van der Waals surface area contributed by atoms with E-state index in [0.29, 0.717) is 28.6 Å². The van der Waals surface area contributed by atoms with Gasteiger partial charge in [-0.25, -0.2) is 4.98 Å². The third-order valence-corrected chi connectivity index (χ3v) is 10.4. The Labute approximate surface area is 260 Å². The maximum absolute atomic E-state index is 14.2. The molecule has 1 saturated heterocycles. The Balaban J connectivity index is 1.28. The first-order valence-corrected chi connectivity index (χ1v) is 16.1. The number of nitrogens with one attached hydrogen (secondary N) is 2. The lowest BCUT2D eigenvalue weighted by molar-refractivity contribution is 0.0892. The molecule has 9 nitrogen and oxygen atoms in total. The number of ketones is 2. The molecule has 10 heteroatoms. The molecule has 2 atom stereocenters. The van der Waals surface area contributed by atoms with E-state index in [4.69, 9.17) is 4.98 Å². The number of likely N-dealkylation sites (N-methyl/N-ethyl adjacent to an activating group) is 1. The zero-order chi connectivity index (χ0) is 30.6. The van der Waals surface area contributed by atoms with Gasteiger partial charge in [0, 0.05) is 63.7 Å². The number of fused-ring (bicyclic) bond motifs is 2. The molecule has 2 aromatic carbocycles. The van der Waals surface area contributed by atoms with Gasteiger partial charge in [-0.2, -0.15) is 4.98 Å². The van der Waals surface area contributed by atoms with Crippen LogP contribution < -0.4 is 21.1 Å². The molecular weight excluding hydrogens is 572 g/mol. The third-order valence-electron chi connectivity index (χ3n) is 9.03. The Morgan fingerprint density at radius 2 is 1.86 bits per heavy atom. The van der Waals surface area contributed by atoms with Crippen LogP contribution in [0.15, 0.2) is 70.5 Å². The van der Waals surface area contributed by atoms with Gasteiger partial charge in [-0.1, -0.05) is 18.2 Å². The van der Waals surface area contributed by atoms with E-state index in [-0.39, 0.29) is 23.0 Å². The minimum atomic E-state index is -0.865. The fraction of sp³-hybridized carbons (Fsp3) is 0.382. The monoisotopic (exact) mass is 608 g/mol. The first kappa shape index (κ1) is 28.7. The summed E-state index contributed by atoms with van der Waals surface area (Å²) < 4.78 is 0.775. The van der Waals surface area contributed by atoms with Crippen LogP contribution in [0.1, 0.15) is 66.3 Å². The molecule has 3 aliphatic rings. The van der Waals surface area contributed by atoms with E-state index in [1.807, 2.05) is 44.2 Å². The fourth-order valence-corrected chi connectivity index (χ4v) is 7.75. The van der Waals surface area contributed by atoms with Crippen molar-refractivity contribution in [1.29, 1.82) is 0 Å². The van der Waals surface area contributed by atoms with Gasteiger partial charge in [0.1, 0.15) is 11.7 Å². The number of pyridine rings is 1.